The number of carbonyl (C=O) groups excluding carboxylic acids is 2. The van der Waals surface area contributed by atoms with Gasteiger partial charge in [0.25, 0.3) is 5.91 Å². The molecule has 1 aliphatic heterocycles. The van der Waals surface area contributed by atoms with Gasteiger partial charge in [0.2, 0.25) is 5.91 Å². The number of benzene rings is 2. The van der Waals surface area contributed by atoms with Gasteiger partial charge in [0.1, 0.15) is 5.82 Å². The summed E-state index contributed by atoms with van der Waals surface area (Å²) in [6, 6.07) is 8.99. The first-order valence-electron chi connectivity index (χ1n) is 6.23. The van der Waals surface area contributed by atoms with Crippen molar-refractivity contribution < 1.29 is 14.0 Å². The van der Waals surface area contributed by atoms with Crippen LogP contribution in [0.2, 0.25) is 5.02 Å². The highest BCUT2D eigenvalue weighted by molar-refractivity contribution is 6.34. The summed E-state index contributed by atoms with van der Waals surface area (Å²) < 4.78 is 13.6. The van der Waals surface area contributed by atoms with Gasteiger partial charge in [-0.15, -0.1) is 0 Å². The van der Waals surface area contributed by atoms with Crippen LogP contribution in [0, 0.1) is 5.82 Å². The zero-order valence-corrected chi connectivity index (χ0v) is 11.5. The van der Waals surface area contributed by atoms with E-state index >= 15 is 0 Å². The molecule has 6 heteroatoms. The highest BCUT2D eigenvalue weighted by Gasteiger charge is 2.20. The molecular formula is C15H10ClFN2O2. The number of nitrogens with one attached hydrogen (secondary N) is 2. The van der Waals surface area contributed by atoms with E-state index < -0.39 is 11.7 Å². The molecule has 106 valence electrons. The fraction of sp³-hybridized carbons (Fsp3) is 0.0667. The van der Waals surface area contributed by atoms with Crippen LogP contribution < -0.4 is 10.6 Å². The molecule has 2 N–H and O–H groups in total. The standard InChI is InChI=1S/C15H10ClFN2O2/c16-10-2-1-3-11(17)14(10)19-15(21)8-4-5-12-9(6-8)7-13(20)18-12/h1-6H,7H2,(H,18,20)(H,19,21). The third-order valence-corrected chi connectivity index (χ3v) is 3.51. The Morgan fingerprint density at radius 3 is 2.86 bits per heavy atom. The Bertz CT molecular complexity index is 741. The van der Waals surface area contributed by atoms with E-state index in [0.717, 1.165) is 5.56 Å². The molecular weight excluding hydrogens is 295 g/mol. The first-order chi connectivity index (χ1) is 10.0. The lowest BCUT2D eigenvalue weighted by atomic mass is 10.1. The number of anilines is 2. The molecule has 0 unspecified atom stereocenters. The molecule has 0 fully saturated rings. The molecule has 1 aliphatic rings. The summed E-state index contributed by atoms with van der Waals surface area (Å²) in [7, 11) is 0. The van der Waals surface area contributed by atoms with E-state index in [0.29, 0.717) is 11.3 Å². The van der Waals surface area contributed by atoms with E-state index in [4.69, 9.17) is 11.6 Å². The number of para-hydroxylation sites is 1. The van der Waals surface area contributed by atoms with Crippen LogP contribution in [0.15, 0.2) is 36.4 Å². The number of amides is 2. The lowest BCUT2D eigenvalue weighted by molar-refractivity contribution is -0.115. The topological polar surface area (TPSA) is 58.2 Å². The molecule has 2 aromatic rings. The summed E-state index contributed by atoms with van der Waals surface area (Å²) in [5.41, 5.74) is 1.72. The van der Waals surface area contributed by atoms with Crippen LogP contribution in [-0.2, 0) is 11.2 Å². The van der Waals surface area contributed by atoms with Gasteiger partial charge in [0.05, 0.1) is 17.1 Å². The molecule has 0 saturated heterocycles. The van der Waals surface area contributed by atoms with Gasteiger partial charge in [0.15, 0.2) is 0 Å². The molecule has 1 heterocycles. The van der Waals surface area contributed by atoms with Crippen LogP contribution in [0.1, 0.15) is 15.9 Å². The van der Waals surface area contributed by atoms with E-state index in [-0.39, 0.29) is 23.0 Å². The third kappa shape index (κ3) is 2.60. The molecule has 0 bridgehead atoms. The maximum absolute atomic E-state index is 13.6. The molecule has 0 radical (unpaired) electrons. The molecule has 0 aromatic heterocycles. The lowest BCUT2D eigenvalue weighted by Crippen LogP contribution is -2.13. The number of rotatable bonds is 2. The van der Waals surface area contributed by atoms with E-state index in [9.17, 15) is 14.0 Å². The Kier molecular flexibility index (Phi) is 3.35. The minimum Gasteiger partial charge on any atom is -0.326 e. The Labute approximate surface area is 124 Å². The maximum atomic E-state index is 13.6. The monoisotopic (exact) mass is 304 g/mol. The molecule has 0 spiro atoms. The predicted octanol–water partition coefficient (Wildman–Crippen LogP) is 3.23. The molecule has 0 saturated carbocycles. The van der Waals surface area contributed by atoms with Gasteiger partial charge in [-0.05, 0) is 35.9 Å². The first-order valence-corrected chi connectivity index (χ1v) is 6.60. The van der Waals surface area contributed by atoms with E-state index in [1.54, 1.807) is 18.2 Å². The van der Waals surface area contributed by atoms with Crippen molar-refractivity contribution >= 4 is 34.8 Å². The molecule has 0 aliphatic carbocycles. The number of hydrogen-bond donors (Lipinski definition) is 2. The summed E-state index contributed by atoms with van der Waals surface area (Å²) in [6.45, 7) is 0. The van der Waals surface area contributed by atoms with Crippen LogP contribution in [0.3, 0.4) is 0 Å². The Hall–Kier alpha value is -2.40. The zero-order valence-electron chi connectivity index (χ0n) is 10.7. The molecule has 21 heavy (non-hydrogen) atoms. The minimum atomic E-state index is -0.603. The number of hydrogen-bond acceptors (Lipinski definition) is 2. The maximum Gasteiger partial charge on any atom is 0.255 e. The summed E-state index contributed by atoms with van der Waals surface area (Å²) in [4.78, 5) is 23.4. The second-order valence-corrected chi connectivity index (χ2v) is 5.05. The van der Waals surface area contributed by atoms with Gasteiger partial charge < -0.3 is 10.6 Å². The van der Waals surface area contributed by atoms with Crippen LogP contribution in [-0.4, -0.2) is 11.8 Å². The van der Waals surface area contributed by atoms with Crippen molar-refractivity contribution in [1.82, 2.24) is 0 Å². The predicted molar refractivity (Wildman–Crippen MR) is 78.1 cm³/mol. The zero-order chi connectivity index (χ0) is 15.0. The largest absolute Gasteiger partial charge is 0.326 e. The number of fused-ring (bicyclic) bond motifs is 1. The Morgan fingerprint density at radius 1 is 1.29 bits per heavy atom. The molecule has 0 atom stereocenters. The summed E-state index contributed by atoms with van der Waals surface area (Å²) in [5, 5.41) is 5.25. The summed E-state index contributed by atoms with van der Waals surface area (Å²) >= 11 is 5.86. The molecule has 4 nitrogen and oxygen atoms in total. The fourth-order valence-corrected chi connectivity index (χ4v) is 2.38. The van der Waals surface area contributed by atoms with Gasteiger partial charge in [-0.1, -0.05) is 17.7 Å². The van der Waals surface area contributed by atoms with Crippen molar-refractivity contribution in [2.75, 3.05) is 10.6 Å². The molecule has 2 aromatic carbocycles. The van der Waals surface area contributed by atoms with Gasteiger partial charge in [-0.2, -0.15) is 0 Å². The smallest absolute Gasteiger partial charge is 0.255 e. The number of halogens is 2. The van der Waals surface area contributed by atoms with Crippen LogP contribution >= 0.6 is 11.6 Å². The van der Waals surface area contributed by atoms with Crippen LogP contribution in [0.4, 0.5) is 15.8 Å². The van der Waals surface area contributed by atoms with E-state index in [2.05, 4.69) is 10.6 Å². The molecule has 3 rings (SSSR count). The molecule has 2 amide bonds. The highest BCUT2D eigenvalue weighted by atomic mass is 35.5. The van der Waals surface area contributed by atoms with Crippen molar-refractivity contribution in [2.45, 2.75) is 6.42 Å². The van der Waals surface area contributed by atoms with Gasteiger partial charge in [0, 0.05) is 11.3 Å². The number of carbonyl (C=O) groups is 2. The Morgan fingerprint density at radius 2 is 2.10 bits per heavy atom. The quantitative estimate of drug-likeness (QED) is 0.895. The lowest BCUT2D eigenvalue weighted by Gasteiger charge is -2.09. The van der Waals surface area contributed by atoms with Crippen molar-refractivity contribution in [3.8, 4) is 0 Å². The second-order valence-electron chi connectivity index (χ2n) is 4.65. The van der Waals surface area contributed by atoms with Crippen LogP contribution in [0.25, 0.3) is 0 Å². The van der Waals surface area contributed by atoms with Gasteiger partial charge in [-0.25, -0.2) is 4.39 Å². The summed E-state index contributed by atoms with van der Waals surface area (Å²) in [6.07, 6.45) is 0.233. The fourth-order valence-electron chi connectivity index (χ4n) is 2.17. The SMILES string of the molecule is O=C1Cc2cc(C(=O)Nc3c(F)cccc3Cl)ccc2N1. The van der Waals surface area contributed by atoms with Gasteiger partial charge >= 0.3 is 0 Å². The average molecular weight is 305 g/mol. The first kappa shape index (κ1) is 13.6. The van der Waals surface area contributed by atoms with Crippen molar-refractivity contribution in [3.05, 3.63) is 58.4 Å². The van der Waals surface area contributed by atoms with Gasteiger partial charge in [-0.3, -0.25) is 9.59 Å². The summed E-state index contributed by atoms with van der Waals surface area (Å²) in [5.74, 6) is -1.20. The minimum absolute atomic E-state index is 0.0566. The van der Waals surface area contributed by atoms with Crippen LogP contribution in [0.5, 0.6) is 0 Å². The average Bonchev–Trinajstić information content (AvgIpc) is 2.81. The Balaban J connectivity index is 1.87. The highest BCUT2D eigenvalue weighted by Crippen LogP contribution is 2.27. The second kappa shape index (κ2) is 5.18. The van der Waals surface area contributed by atoms with Crippen molar-refractivity contribution in [2.24, 2.45) is 0 Å². The van der Waals surface area contributed by atoms with Crippen molar-refractivity contribution in [3.63, 3.8) is 0 Å². The van der Waals surface area contributed by atoms with Crippen molar-refractivity contribution in [1.29, 1.82) is 0 Å². The third-order valence-electron chi connectivity index (χ3n) is 3.19. The van der Waals surface area contributed by atoms with E-state index in [1.165, 1.54) is 18.2 Å². The normalized spacial score (nSPS) is 12.8. The van der Waals surface area contributed by atoms with E-state index in [1.807, 2.05) is 0 Å².